The number of nitrogens with one attached hydrogen (secondary N) is 1. The maximum absolute atomic E-state index is 13.9. The summed E-state index contributed by atoms with van der Waals surface area (Å²) in [5.41, 5.74) is -0.0865. The lowest BCUT2D eigenvalue weighted by molar-refractivity contribution is -0.387. The van der Waals surface area contributed by atoms with E-state index in [1.54, 1.807) is 6.07 Å². The molecule has 4 nitrogen and oxygen atoms in total. The van der Waals surface area contributed by atoms with Crippen LogP contribution in [0.2, 0.25) is 0 Å². The van der Waals surface area contributed by atoms with E-state index in [0.29, 0.717) is 12.1 Å². The molecule has 2 atom stereocenters. The Kier molecular flexibility index (Phi) is 5.67. The zero-order valence-corrected chi connectivity index (χ0v) is 12.5. The molecule has 2 rings (SSSR count). The van der Waals surface area contributed by atoms with E-state index in [2.05, 4.69) is 12.2 Å². The Morgan fingerprint density at radius 1 is 1.43 bits per heavy atom. The molecule has 0 aromatic heterocycles. The predicted octanol–water partition coefficient (Wildman–Crippen LogP) is 4.04. The van der Waals surface area contributed by atoms with Crippen LogP contribution in [0.5, 0.6) is 0 Å². The maximum Gasteiger partial charge on any atom is 0.305 e. The smallest absolute Gasteiger partial charge is 0.305 e. The molecular weight excluding hydrogens is 271 g/mol. The first-order chi connectivity index (χ1) is 10.1. The minimum atomic E-state index is -0.721. The van der Waals surface area contributed by atoms with Crippen molar-refractivity contribution in [2.24, 2.45) is 11.8 Å². The Morgan fingerprint density at radius 3 is 2.95 bits per heavy atom. The van der Waals surface area contributed by atoms with E-state index in [1.807, 2.05) is 0 Å². The van der Waals surface area contributed by atoms with Crippen molar-refractivity contribution in [3.8, 4) is 0 Å². The van der Waals surface area contributed by atoms with Gasteiger partial charge in [-0.05, 0) is 31.2 Å². The summed E-state index contributed by atoms with van der Waals surface area (Å²) >= 11 is 0. The Bertz CT molecular complexity index is 493. The van der Waals surface area contributed by atoms with Gasteiger partial charge in [-0.25, -0.2) is 0 Å². The average molecular weight is 294 g/mol. The minimum Gasteiger partial charge on any atom is -0.313 e. The van der Waals surface area contributed by atoms with E-state index in [-0.39, 0.29) is 0 Å². The van der Waals surface area contributed by atoms with Crippen molar-refractivity contribution in [2.75, 3.05) is 6.54 Å². The molecule has 1 aromatic carbocycles. The molecule has 0 saturated heterocycles. The molecule has 0 heterocycles. The van der Waals surface area contributed by atoms with Crippen LogP contribution in [0.15, 0.2) is 18.2 Å². The van der Waals surface area contributed by atoms with Crippen LogP contribution >= 0.6 is 0 Å². The summed E-state index contributed by atoms with van der Waals surface area (Å²) < 4.78 is 13.9. The predicted molar refractivity (Wildman–Crippen MR) is 80.5 cm³/mol. The van der Waals surface area contributed by atoms with Gasteiger partial charge in [-0.15, -0.1) is 0 Å². The summed E-state index contributed by atoms with van der Waals surface area (Å²) in [6, 6.07) is 4.32. The standard InChI is InChI=1S/C16H23FN2O2/c1-12-4-2-5-13(10-12)8-9-18-11-14-6-3-7-15(16(14)17)19(20)21/h3,6-7,12-13,18H,2,4-5,8-11H2,1H3. The van der Waals surface area contributed by atoms with Crippen molar-refractivity contribution in [2.45, 2.75) is 45.6 Å². The molecule has 1 N–H and O–H groups in total. The first-order valence-corrected chi connectivity index (χ1v) is 7.70. The quantitative estimate of drug-likeness (QED) is 0.489. The van der Waals surface area contributed by atoms with Gasteiger partial charge in [0.15, 0.2) is 0 Å². The summed E-state index contributed by atoms with van der Waals surface area (Å²) in [6.45, 7) is 3.48. The summed E-state index contributed by atoms with van der Waals surface area (Å²) in [7, 11) is 0. The zero-order chi connectivity index (χ0) is 15.2. The molecule has 0 amide bonds. The van der Waals surface area contributed by atoms with Gasteiger partial charge in [0.1, 0.15) is 0 Å². The third kappa shape index (κ3) is 4.49. The first-order valence-electron chi connectivity index (χ1n) is 7.70. The van der Waals surface area contributed by atoms with E-state index in [4.69, 9.17) is 0 Å². The number of hydrogen-bond donors (Lipinski definition) is 1. The molecule has 0 radical (unpaired) electrons. The van der Waals surface area contributed by atoms with Gasteiger partial charge >= 0.3 is 5.69 Å². The average Bonchev–Trinajstić information content (AvgIpc) is 2.45. The highest BCUT2D eigenvalue weighted by atomic mass is 19.1. The molecule has 21 heavy (non-hydrogen) atoms. The van der Waals surface area contributed by atoms with Crippen molar-refractivity contribution >= 4 is 5.69 Å². The van der Waals surface area contributed by atoms with Gasteiger partial charge < -0.3 is 5.32 Å². The molecule has 0 spiro atoms. The molecule has 1 saturated carbocycles. The third-order valence-electron chi connectivity index (χ3n) is 4.34. The molecule has 5 heteroatoms. The van der Waals surface area contributed by atoms with Gasteiger partial charge in [0.2, 0.25) is 5.82 Å². The van der Waals surface area contributed by atoms with Crippen LogP contribution in [0.1, 0.15) is 44.6 Å². The molecule has 1 aliphatic rings. The SMILES string of the molecule is CC1CCCC(CCNCc2cccc([N+](=O)[O-])c2F)C1. The van der Waals surface area contributed by atoms with Crippen molar-refractivity contribution in [1.82, 2.24) is 5.32 Å². The van der Waals surface area contributed by atoms with E-state index in [0.717, 1.165) is 24.8 Å². The third-order valence-corrected chi connectivity index (χ3v) is 4.34. The van der Waals surface area contributed by atoms with E-state index in [9.17, 15) is 14.5 Å². The van der Waals surface area contributed by atoms with Crippen LogP contribution < -0.4 is 5.32 Å². The fourth-order valence-electron chi connectivity index (χ4n) is 3.19. The Labute approximate surface area is 124 Å². The number of nitro groups is 1. The number of benzene rings is 1. The fraction of sp³-hybridized carbons (Fsp3) is 0.625. The fourth-order valence-corrected chi connectivity index (χ4v) is 3.19. The van der Waals surface area contributed by atoms with Crippen molar-refractivity contribution < 1.29 is 9.31 Å². The molecular formula is C16H23FN2O2. The summed E-state index contributed by atoms with van der Waals surface area (Å²) in [4.78, 5) is 10.0. The summed E-state index contributed by atoms with van der Waals surface area (Å²) in [5.74, 6) is 0.857. The van der Waals surface area contributed by atoms with Crippen molar-refractivity contribution in [3.05, 3.63) is 39.7 Å². The highest BCUT2D eigenvalue weighted by molar-refractivity contribution is 5.36. The minimum absolute atomic E-state index is 0.343. The highest BCUT2D eigenvalue weighted by Gasteiger charge is 2.19. The van der Waals surface area contributed by atoms with Crippen LogP contribution in [0.4, 0.5) is 10.1 Å². The molecule has 0 bridgehead atoms. The van der Waals surface area contributed by atoms with Gasteiger partial charge in [0, 0.05) is 18.2 Å². The van der Waals surface area contributed by atoms with Gasteiger partial charge in [-0.2, -0.15) is 4.39 Å². The molecule has 116 valence electrons. The first kappa shape index (κ1) is 15.9. The lowest BCUT2D eigenvalue weighted by Crippen LogP contribution is -2.21. The van der Waals surface area contributed by atoms with Crippen LogP contribution in [-0.2, 0) is 6.54 Å². The Morgan fingerprint density at radius 2 is 2.24 bits per heavy atom. The number of nitrogens with zero attached hydrogens (tertiary/aromatic N) is 1. The molecule has 1 aliphatic carbocycles. The van der Waals surface area contributed by atoms with Crippen molar-refractivity contribution in [1.29, 1.82) is 0 Å². The van der Waals surface area contributed by atoms with Crippen LogP contribution in [-0.4, -0.2) is 11.5 Å². The summed E-state index contributed by atoms with van der Waals surface area (Å²) in [6.07, 6.45) is 6.32. The normalized spacial score (nSPS) is 22.2. The lowest BCUT2D eigenvalue weighted by Gasteiger charge is -2.26. The number of nitro benzene ring substituents is 1. The monoisotopic (exact) mass is 294 g/mol. The van der Waals surface area contributed by atoms with Gasteiger partial charge in [0.05, 0.1) is 4.92 Å². The van der Waals surface area contributed by atoms with E-state index in [1.165, 1.54) is 37.8 Å². The topological polar surface area (TPSA) is 55.2 Å². The van der Waals surface area contributed by atoms with Crippen LogP contribution in [0, 0.1) is 27.8 Å². The molecule has 2 unspecified atom stereocenters. The molecule has 1 aromatic rings. The Balaban J connectivity index is 1.78. The second-order valence-corrected chi connectivity index (χ2v) is 6.11. The van der Waals surface area contributed by atoms with Gasteiger partial charge in [-0.1, -0.05) is 38.3 Å². The van der Waals surface area contributed by atoms with Gasteiger partial charge in [0.25, 0.3) is 0 Å². The molecule has 1 fully saturated rings. The molecule has 0 aliphatic heterocycles. The Hall–Kier alpha value is -1.49. The van der Waals surface area contributed by atoms with E-state index < -0.39 is 16.4 Å². The number of hydrogen-bond acceptors (Lipinski definition) is 3. The zero-order valence-electron chi connectivity index (χ0n) is 12.5. The highest BCUT2D eigenvalue weighted by Crippen LogP contribution is 2.30. The van der Waals surface area contributed by atoms with Crippen molar-refractivity contribution in [3.63, 3.8) is 0 Å². The lowest BCUT2D eigenvalue weighted by atomic mass is 9.81. The maximum atomic E-state index is 13.9. The number of rotatable bonds is 6. The van der Waals surface area contributed by atoms with Crippen LogP contribution in [0.3, 0.4) is 0 Å². The number of halogens is 1. The van der Waals surface area contributed by atoms with Crippen LogP contribution in [0.25, 0.3) is 0 Å². The summed E-state index contributed by atoms with van der Waals surface area (Å²) in [5, 5.41) is 13.9. The second-order valence-electron chi connectivity index (χ2n) is 6.11. The van der Waals surface area contributed by atoms with Gasteiger partial charge in [-0.3, -0.25) is 10.1 Å². The van der Waals surface area contributed by atoms with E-state index >= 15 is 0 Å². The largest absolute Gasteiger partial charge is 0.313 e. The second kappa shape index (κ2) is 7.50.